The third kappa shape index (κ3) is 4.15. The second-order valence-corrected chi connectivity index (χ2v) is 8.85. The number of nitrogens with two attached hydrogens (primary N) is 1. The Hall–Kier alpha value is -2.36. The van der Waals surface area contributed by atoms with E-state index in [9.17, 15) is 0 Å². The number of hydrogen-bond donors (Lipinski definition) is 1. The van der Waals surface area contributed by atoms with Gasteiger partial charge in [0.1, 0.15) is 21.4 Å². The van der Waals surface area contributed by atoms with Crippen molar-refractivity contribution >= 4 is 49.9 Å². The highest BCUT2D eigenvalue weighted by atomic mass is 32.9. The third-order valence-electron chi connectivity index (χ3n) is 4.09. The van der Waals surface area contributed by atoms with E-state index >= 15 is 0 Å². The maximum absolute atomic E-state index is 5.84. The summed E-state index contributed by atoms with van der Waals surface area (Å²) in [5.74, 6) is 1.30. The van der Waals surface area contributed by atoms with Crippen molar-refractivity contribution in [3.63, 3.8) is 0 Å². The lowest BCUT2D eigenvalue weighted by Crippen LogP contribution is -2.02. The molecule has 0 aliphatic heterocycles. The number of hydrogen-bond acceptors (Lipinski definition) is 8. The van der Waals surface area contributed by atoms with Gasteiger partial charge in [-0.05, 0) is 48.7 Å². The van der Waals surface area contributed by atoms with Crippen molar-refractivity contribution < 1.29 is 4.74 Å². The number of fused-ring (bicyclic) bond motifs is 1. The summed E-state index contributed by atoms with van der Waals surface area (Å²) >= 11 is 5.19. The lowest BCUT2D eigenvalue weighted by atomic mass is 10.2. The van der Waals surface area contributed by atoms with Crippen LogP contribution in [0.1, 0.15) is 12.8 Å². The maximum Gasteiger partial charge on any atom is 0.165 e. The third-order valence-corrected chi connectivity index (χ3v) is 7.00. The summed E-state index contributed by atoms with van der Waals surface area (Å²) in [5.41, 5.74) is 8.41. The fourth-order valence-electron chi connectivity index (χ4n) is 2.72. The summed E-state index contributed by atoms with van der Waals surface area (Å²) in [6.45, 7) is 1.48. The van der Waals surface area contributed by atoms with Crippen molar-refractivity contribution in [2.75, 3.05) is 12.3 Å². The molecular weight excluding hydrogens is 398 g/mol. The predicted octanol–water partition coefficient (Wildman–Crippen LogP) is 4.79. The Morgan fingerprint density at radius 1 is 1.07 bits per heavy atom. The molecule has 138 valence electrons. The second-order valence-electron chi connectivity index (χ2n) is 5.94. The predicted molar refractivity (Wildman–Crippen MR) is 113 cm³/mol. The van der Waals surface area contributed by atoms with Crippen molar-refractivity contribution in [2.24, 2.45) is 0 Å². The molecule has 0 radical (unpaired) electrons. The Morgan fingerprint density at radius 2 is 1.93 bits per heavy atom. The quantitative estimate of drug-likeness (QED) is 0.266. The minimum Gasteiger partial charge on any atom is -0.494 e. The number of benzene rings is 1. The maximum atomic E-state index is 5.84. The van der Waals surface area contributed by atoms with Crippen LogP contribution in [-0.2, 0) is 6.54 Å². The summed E-state index contributed by atoms with van der Waals surface area (Å²) in [4.78, 5) is 13.7. The molecular formula is C18H17N5OS3. The smallest absolute Gasteiger partial charge is 0.165 e. The molecule has 0 bridgehead atoms. The molecule has 2 N–H and O–H groups in total. The summed E-state index contributed by atoms with van der Waals surface area (Å²) < 4.78 is 8.77. The van der Waals surface area contributed by atoms with Gasteiger partial charge in [-0.2, -0.15) is 0 Å². The van der Waals surface area contributed by atoms with Gasteiger partial charge in [-0.25, -0.2) is 15.0 Å². The molecule has 1 aromatic carbocycles. The zero-order chi connectivity index (χ0) is 18.6. The van der Waals surface area contributed by atoms with Crippen LogP contribution in [0.5, 0.6) is 5.75 Å². The highest BCUT2D eigenvalue weighted by Gasteiger charge is 2.07. The van der Waals surface area contributed by atoms with Gasteiger partial charge in [0, 0.05) is 11.4 Å². The van der Waals surface area contributed by atoms with Crippen molar-refractivity contribution in [3.05, 3.63) is 46.8 Å². The standard InChI is InChI=1S/C18H17N5OS3/c19-17-16-18(21-10-20-17)23(11-22-16)7-1-2-8-24-13-5-3-12(4-6-13)14-9-15(25)27-26-14/h3-6,9-11H,1-2,7-8H2,(H2,19,20,21). The van der Waals surface area contributed by atoms with E-state index in [2.05, 4.69) is 27.1 Å². The van der Waals surface area contributed by atoms with Crippen molar-refractivity contribution in [1.82, 2.24) is 19.5 Å². The summed E-state index contributed by atoms with van der Waals surface area (Å²) in [6.07, 6.45) is 5.13. The van der Waals surface area contributed by atoms with E-state index in [1.54, 1.807) is 27.0 Å². The molecule has 3 heterocycles. The lowest BCUT2D eigenvalue weighted by molar-refractivity contribution is 0.303. The molecule has 0 aliphatic carbocycles. The van der Waals surface area contributed by atoms with Gasteiger partial charge in [-0.3, -0.25) is 0 Å². The number of ether oxygens (including phenoxy) is 1. The molecule has 0 unspecified atom stereocenters. The van der Waals surface area contributed by atoms with Gasteiger partial charge in [-0.15, -0.1) is 0 Å². The topological polar surface area (TPSA) is 78.9 Å². The number of rotatable bonds is 7. The monoisotopic (exact) mass is 415 g/mol. The highest BCUT2D eigenvalue weighted by molar-refractivity contribution is 7.80. The van der Waals surface area contributed by atoms with Crippen LogP contribution in [-0.4, -0.2) is 26.1 Å². The van der Waals surface area contributed by atoms with Gasteiger partial charge in [-0.1, -0.05) is 32.9 Å². The van der Waals surface area contributed by atoms with E-state index in [1.165, 1.54) is 16.8 Å². The fourth-order valence-corrected chi connectivity index (χ4v) is 5.13. The van der Waals surface area contributed by atoms with Crippen LogP contribution in [0.2, 0.25) is 0 Å². The first-order chi connectivity index (χ1) is 13.2. The van der Waals surface area contributed by atoms with Gasteiger partial charge < -0.3 is 15.0 Å². The molecule has 0 spiro atoms. The van der Waals surface area contributed by atoms with Crippen LogP contribution in [0.15, 0.2) is 43.0 Å². The van der Waals surface area contributed by atoms with Gasteiger partial charge in [0.2, 0.25) is 0 Å². The number of nitrogens with zero attached hydrogens (tertiary/aromatic N) is 4. The molecule has 0 saturated carbocycles. The van der Waals surface area contributed by atoms with Gasteiger partial charge in [0.15, 0.2) is 11.5 Å². The molecule has 0 fully saturated rings. The van der Waals surface area contributed by atoms with Gasteiger partial charge >= 0.3 is 0 Å². The largest absolute Gasteiger partial charge is 0.494 e. The van der Waals surface area contributed by atoms with E-state index in [0.717, 1.165) is 34.6 Å². The minimum absolute atomic E-state index is 0.415. The van der Waals surface area contributed by atoms with Crippen molar-refractivity contribution in [2.45, 2.75) is 19.4 Å². The molecule has 4 rings (SSSR count). The van der Waals surface area contributed by atoms with Gasteiger partial charge in [0.25, 0.3) is 0 Å². The normalized spacial score (nSPS) is 11.1. The molecule has 0 aliphatic rings. The Morgan fingerprint density at radius 3 is 2.70 bits per heavy atom. The number of aryl methyl sites for hydroxylation is 1. The average Bonchev–Trinajstić information content (AvgIpc) is 3.29. The van der Waals surface area contributed by atoms with Crippen LogP contribution in [0.3, 0.4) is 0 Å². The van der Waals surface area contributed by atoms with Crippen LogP contribution < -0.4 is 10.5 Å². The first-order valence-corrected chi connectivity index (χ1v) is 11.0. The fraction of sp³-hybridized carbons (Fsp3) is 0.222. The van der Waals surface area contributed by atoms with Crippen LogP contribution in [0.25, 0.3) is 21.6 Å². The van der Waals surface area contributed by atoms with E-state index < -0.39 is 0 Å². The van der Waals surface area contributed by atoms with Crippen LogP contribution >= 0.6 is 32.9 Å². The minimum atomic E-state index is 0.415. The highest BCUT2D eigenvalue weighted by Crippen LogP contribution is 2.30. The van der Waals surface area contributed by atoms with E-state index in [-0.39, 0.29) is 0 Å². The summed E-state index contributed by atoms with van der Waals surface area (Å²) in [5, 5.41) is 0. The molecule has 9 heteroatoms. The van der Waals surface area contributed by atoms with Crippen LogP contribution in [0, 0.1) is 3.82 Å². The Labute approximate surface area is 168 Å². The van der Waals surface area contributed by atoms with Crippen LogP contribution in [0.4, 0.5) is 5.82 Å². The first kappa shape index (κ1) is 18.0. The number of nitrogen functional groups attached to an aromatic ring is 1. The molecule has 3 aromatic heterocycles. The summed E-state index contributed by atoms with van der Waals surface area (Å²) in [6, 6.07) is 10.2. The number of anilines is 1. The number of imidazole rings is 1. The Kier molecular flexibility index (Phi) is 5.42. The zero-order valence-corrected chi connectivity index (χ0v) is 16.8. The molecule has 6 nitrogen and oxygen atoms in total. The van der Waals surface area contributed by atoms with E-state index in [4.69, 9.17) is 22.7 Å². The van der Waals surface area contributed by atoms with Crippen molar-refractivity contribution in [3.8, 4) is 16.2 Å². The first-order valence-electron chi connectivity index (χ1n) is 8.45. The number of unbranched alkanes of at least 4 members (excludes halogenated alkanes) is 1. The van der Waals surface area contributed by atoms with Crippen molar-refractivity contribution in [1.29, 1.82) is 0 Å². The molecule has 0 amide bonds. The zero-order valence-electron chi connectivity index (χ0n) is 14.4. The SMILES string of the molecule is Nc1ncnc2c1ncn2CCCCOc1ccc(-c2cc(=S)ss2)cc1. The van der Waals surface area contributed by atoms with Gasteiger partial charge in [0.05, 0.1) is 12.9 Å². The molecule has 0 saturated heterocycles. The Balaban J connectivity index is 1.26. The Bertz CT molecular complexity index is 1100. The lowest BCUT2D eigenvalue weighted by Gasteiger charge is -2.07. The average molecular weight is 416 g/mol. The molecule has 4 aromatic rings. The summed E-state index contributed by atoms with van der Waals surface area (Å²) in [7, 11) is 3.33. The molecule has 0 atom stereocenters. The second kappa shape index (κ2) is 8.12. The molecule has 27 heavy (non-hydrogen) atoms. The van der Waals surface area contributed by atoms with E-state index in [0.29, 0.717) is 17.9 Å². The number of aromatic nitrogens is 4. The van der Waals surface area contributed by atoms with E-state index in [1.807, 2.05) is 22.8 Å².